The zero-order valence-electron chi connectivity index (χ0n) is 9.69. The normalized spacial score (nSPS) is 11.9. The lowest BCUT2D eigenvalue weighted by atomic mass is 10.0. The Labute approximate surface area is 119 Å². The highest BCUT2D eigenvalue weighted by molar-refractivity contribution is 6.35. The van der Waals surface area contributed by atoms with Gasteiger partial charge in [-0.25, -0.2) is 0 Å². The van der Waals surface area contributed by atoms with Gasteiger partial charge in [0.2, 0.25) is 5.91 Å². The van der Waals surface area contributed by atoms with Gasteiger partial charge in [0.15, 0.2) is 0 Å². The van der Waals surface area contributed by atoms with Crippen molar-refractivity contribution in [3.05, 3.63) is 27.7 Å². The molecule has 0 aliphatic rings. The van der Waals surface area contributed by atoms with Gasteiger partial charge in [0.05, 0.1) is 24.0 Å². The Hall–Kier alpha value is -1.50. The van der Waals surface area contributed by atoms with Crippen LogP contribution in [0.2, 0.25) is 10.0 Å². The molecule has 0 fully saturated rings. The number of nitrogens with two attached hydrogens (primary N) is 1. The van der Waals surface area contributed by atoms with Gasteiger partial charge in [-0.15, -0.1) is 0 Å². The van der Waals surface area contributed by atoms with Crippen molar-refractivity contribution in [2.45, 2.75) is 12.5 Å². The Bertz CT molecular complexity index is 508. The molecule has 0 saturated heterocycles. The molecule has 1 atom stereocenters. The third-order valence-electron chi connectivity index (χ3n) is 2.33. The zero-order valence-corrected chi connectivity index (χ0v) is 11.2. The fraction of sp³-hybridized carbons (Fsp3) is 0.273. The van der Waals surface area contributed by atoms with Gasteiger partial charge in [-0.1, -0.05) is 23.2 Å². The van der Waals surface area contributed by atoms with E-state index >= 15 is 0 Å². The molecule has 0 aliphatic heterocycles. The SMILES string of the molecule is NCC(=O)N[C@H](CC(=O)O)c1cc(Cl)cc(Cl)c1O. The van der Waals surface area contributed by atoms with Gasteiger partial charge in [-0.3, -0.25) is 9.59 Å². The predicted octanol–water partition coefficient (Wildman–Crippen LogP) is 1.29. The van der Waals surface area contributed by atoms with Crippen LogP contribution >= 0.6 is 23.2 Å². The number of hydrogen-bond donors (Lipinski definition) is 4. The summed E-state index contributed by atoms with van der Waals surface area (Å²) in [4.78, 5) is 22.1. The number of phenols is 1. The van der Waals surface area contributed by atoms with E-state index in [-0.39, 0.29) is 27.9 Å². The van der Waals surface area contributed by atoms with E-state index in [1.165, 1.54) is 12.1 Å². The molecule has 6 nitrogen and oxygen atoms in total. The number of aromatic hydroxyl groups is 1. The number of phenolic OH excluding ortho intramolecular Hbond substituents is 1. The maximum Gasteiger partial charge on any atom is 0.305 e. The number of amides is 1. The molecule has 104 valence electrons. The van der Waals surface area contributed by atoms with Gasteiger partial charge < -0.3 is 21.3 Å². The number of nitrogens with one attached hydrogen (secondary N) is 1. The van der Waals surface area contributed by atoms with E-state index < -0.39 is 24.3 Å². The largest absolute Gasteiger partial charge is 0.506 e. The average molecular weight is 307 g/mol. The van der Waals surface area contributed by atoms with Gasteiger partial charge in [-0.05, 0) is 12.1 Å². The molecule has 0 unspecified atom stereocenters. The highest BCUT2D eigenvalue weighted by atomic mass is 35.5. The molecule has 0 spiro atoms. The second-order valence-corrected chi connectivity index (χ2v) is 4.59. The lowest BCUT2D eigenvalue weighted by Gasteiger charge is -2.19. The van der Waals surface area contributed by atoms with Gasteiger partial charge >= 0.3 is 5.97 Å². The van der Waals surface area contributed by atoms with E-state index in [1.807, 2.05) is 0 Å². The predicted molar refractivity (Wildman–Crippen MR) is 70.3 cm³/mol. The summed E-state index contributed by atoms with van der Waals surface area (Å²) in [6, 6.07) is 1.68. The van der Waals surface area contributed by atoms with E-state index in [4.69, 9.17) is 34.0 Å². The van der Waals surface area contributed by atoms with Crippen molar-refractivity contribution in [3.8, 4) is 5.75 Å². The lowest BCUT2D eigenvalue weighted by molar-refractivity contribution is -0.137. The van der Waals surface area contributed by atoms with Crippen molar-refractivity contribution < 1.29 is 19.8 Å². The monoisotopic (exact) mass is 306 g/mol. The molecule has 0 saturated carbocycles. The minimum Gasteiger partial charge on any atom is -0.506 e. The van der Waals surface area contributed by atoms with Gasteiger partial charge in [0.25, 0.3) is 0 Å². The number of benzene rings is 1. The van der Waals surface area contributed by atoms with Crippen molar-refractivity contribution in [3.63, 3.8) is 0 Å². The first-order valence-corrected chi connectivity index (χ1v) is 6.00. The number of carboxylic acid groups (broad SMARTS) is 1. The van der Waals surface area contributed by atoms with Crippen LogP contribution in [0, 0.1) is 0 Å². The molecule has 0 aromatic heterocycles. The van der Waals surface area contributed by atoms with Crippen LogP contribution in [-0.4, -0.2) is 28.6 Å². The van der Waals surface area contributed by atoms with Crippen molar-refractivity contribution in [2.24, 2.45) is 5.73 Å². The standard InChI is InChI=1S/C11H12Cl2N2O4/c12-5-1-6(11(19)7(13)2-5)8(3-10(17)18)15-9(16)4-14/h1-2,8,19H,3-4,14H2,(H,15,16)(H,17,18)/t8-/m1/s1. The number of hydrogen-bond acceptors (Lipinski definition) is 4. The second-order valence-electron chi connectivity index (χ2n) is 3.75. The van der Waals surface area contributed by atoms with Crippen LogP contribution in [0.1, 0.15) is 18.0 Å². The molecule has 0 radical (unpaired) electrons. The molecule has 1 amide bonds. The summed E-state index contributed by atoms with van der Waals surface area (Å²) in [7, 11) is 0. The van der Waals surface area contributed by atoms with Crippen LogP contribution in [0.25, 0.3) is 0 Å². The summed E-state index contributed by atoms with van der Waals surface area (Å²) in [6.45, 7) is -0.300. The van der Waals surface area contributed by atoms with Crippen molar-refractivity contribution >= 4 is 35.1 Å². The number of carbonyl (C=O) groups is 2. The maximum absolute atomic E-state index is 11.3. The lowest BCUT2D eigenvalue weighted by Crippen LogP contribution is -2.34. The van der Waals surface area contributed by atoms with Gasteiger partial charge in [-0.2, -0.15) is 0 Å². The molecule has 1 aromatic carbocycles. The minimum atomic E-state index is -1.15. The van der Waals surface area contributed by atoms with Crippen LogP contribution in [-0.2, 0) is 9.59 Å². The first kappa shape index (κ1) is 15.6. The molecule has 5 N–H and O–H groups in total. The van der Waals surface area contributed by atoms with Crippen LogP contribution in [0.5, 0.6) is 5.75 Å². The Morgan fingerprint density at radius 1 is 1.37 bits per heavy atom. The van der Waals surface area contributed by atoms with Crippen molar-refractivity contribution in [2.75, 3.05) is 6.54 Å². The molecule has 19 heavy (non-hydrogen) atoms. The molecular formula is C11H12Cl2N2O4. The van der Waals surface area contributed by atoms with Crippen molar-refractivity contribution in [1.29, 1.82) is 0 Å². The fourth-order valence-corrected chi connectivity index (χ4v) is 2.03. The van der Waals surface area contributed by atoms with Crippen LogP contribution in [0.3, 0.4) is 0 Å². The highest BCUT2D eigenvalue weighted by Crippen LogP contribution is 2.35. The fourth-order valence-electron chi connectivity index (χ4n) is 1.52. The number of carbonyl (C=O) groups excluding carboxylic acids is 1. The third kappa shape index (κ3) is 4.27. The number of rotatable bonds is 5. The van der Waals surface area contributed by atoms with E-state index in [0.29, 0.717) is 0 Å². The van der Waals surface area contributed by atoms with Crippen molar-refractivity contribution in [1.82, 2.24) is 5.32 Å². The van der Waals surface area contributed by atoms with Crippen LogP contribution < -0.4 is 11.1 Å². The summed E-state index contributed by atoms with van der Waals surface area (Å²) in [6.07, 6.45) is -0.435. The summed E-state index contributed by atoms with van der Waals surface area (Å²) in [5, 5.41) is 21.2. The third-order valence-corrected chi connectivity index (χ3v) is 2.84. The Morgan fingerprint density at radius 3 is 2.53 bits per heavy atom. The summed E-state index contributed by atoms with van der Waals surface area (Å²) >= 11 is 11.5. The Balaban J connectivity index is 3.16. The van der Waals surface area contributed by atoms with E-state index in [9.17, 15) is 14.7 Å². The summed E-state index contributed by atoms with van der Waals surface area (Å²) in [5.41, 5.74) is 5.28. The first-order chi connectivity index (χ1) is 8.85. The molecular weight excluding hydrogens is 295 g/mol. The number of aliphatic carboxylic acids is 1. The maximum atomic E-state index is 11.3. The first-order valence-electron chi connectivity index (χ1n) is 5.24. The molecule has 0 aliphatic carbocycles. The minimum absolute atomic E-state index is 0.0279. The van der Waals surface area contributed by atoms with Gasteiger partial charge in [0.1, 0.15) is 5.75 Å². The van der Waals surface area contributed by atoms with E-state index in [0.717, 1.165) is 0 Å². The van der Waals surface area contributed by atoms with Crippen LogP contribution in [0.4, 0.5) is 0 Å². The number of carboxylic acids is 1. The Kier molecular flexibility index (Phi) is 5.41. The second kappa shape index (κ2) is 6.60. The van der Waals surface area contributed by atoms with Gasteiger partial charge in [0, 0.05) is 10.6 Å². The van der Waals surface area contributed by atoms with Crippen LogP contribution in [0.15, 0.2) is 12.1 Å². The topological polar surface area (TPSA) is 113 Å². The molecule has 1 aromatic rings. The number of halogens is 2. The smallest absolute Gasteiger partial charge is 0.305 e. The summed E-state index contributed by atoms with van der Waals surface area (Å²) in [5.74, 6) is -2.03. The molecule has 0 heterocycles. The molecule has 1 rings (SSSR count). The highest BCUT2D eigenvalue weighted by Gasteiger charge is 2.22. The molecule has 8 heteroatoms. The van der Waals surface area contributed by atoms with E-state index in [2.05, 4.69) is 5.32 Å². The summed E-state index contributed by atoms with van der Waals surface area (Å²) < 4.78 is 0. The van der Waals surface area contributed by atoms with E-state index in [1.54, 1.807) is 0 Å². The quantitative estimate of drug-likeness (QED) is 0.655. The zero-order chi connectivity index (χ0) is 14.6. The molecule has 0 bridgehead atoms. The Morgan fingerprint density at radius 2 is 2.00 bits per heavy atom. The average Bonchev–Trinajstić information content (AvgIpc) is 2.32.